The third-order valence-electron chi connectivity index (χ3n) is 4.39. The summed E-state index contributed by atoms with van der Waals surface area (Å²) in [5.74, 6) is 0.772. The van der Waals surface area contributed by atoms with Crippen LogP contribution in [0.5, 0.6) is 17.2 Å². The Morgan fingerprint density at radius 2 is 1.96 bits per heavy atom. The van der Waals surface area contributed by atoms with Gasteiger partial charge in [0.25, 0.3) is 0 Å². The van der Waals surface area contributed by atoms with E-state index < -0.39 is 0 Å². The molecule has 142 valence electrons. The van der Waals surface area contributed by atoms with Gasteiger partial charge in [0.1, 0.15) is 11.6 Å². The Kier molecular flexibility index (Phi) is 5.46. The number of ether oxygens (including phenoxy) is 2. The minimum atomic E-state index is -0.341. The van der Waals surface area contributed by atoms with Crippen molar-refractivity contribution < 1.29 is 19.0 Å². The highest BCUT2D eigenvalue weighted by atomic mass is 32.1. The number of thiocarbonyl (C=S) groups is 1. The molecule has 0 saturated carbocycles. The van der Waals surface area contributed by atoms with Crippen LogP contribution in [-0.4, -0.2) is 30.2 Å². The van der Waals surface area contributed by atoms with E-state index in [0.717, 1.165) is 0 Å². The van der Waals surface area contributed by atoms with Crippen molar-refractivity contribution in [2.75, 3.05) is 19.5 Å². The molecule has 0 amide bonds. The summed E-state index contributed by atoms with van der Waals surface area (Å²) in [7, 11) is 3.11. The van der Waals surface area contributed by atoms with Crippen LogP contribution in [-0.2, 0) is 0 Å². The standard InChI is InChI=1S/C19H20FN3O3S/c1-10-8-13(18-14(24)6-5-12(20)17(10)18)22-23-19(27)21-11-4-7-15(25-2)16(9-11)26-3/h4-7,9-10,24H,8H2,1-3H3,(H2,21,23,27)/b22-13+/t10-/m0/s1. The van der Waals surface area contributed by atoms with Crippen LogP contribution in [0.25, 0.3) is 0 Å². The summed E-state index contributed by atoms with van der Waals surface area (Å²) >= 11 is 5.26. The summed E-state index contributed by atoms with van der Waals surface area (Å²) in [6, 6.07) is 7.89. The van der Waals surface area contributed by atoms with Crippen LogP contribution in [0.15, 0.2) is 35.4 Å². The number of halogens is 1. The number of phenolic OH excluding ortho intramolecular Hbond substituents is 1. The molecule has 1 aliphatic carbocycles. The van der Waals surface area contributed by atoms with Crippen molar-refractivity contribution >= 4 is 28.7 Å². The molecule has 0 spiro atoms. The molecule has 0 unspecified atom stereocenters. The molecule has 0 bridgehead atoms. The number of rotatable bonds is 4. The normalized spacial score (nSPS) is 16.7. The van der Waals surface area contributed by atoms with E-state index in [0.29, 0.717) is 40.4 Å². The summed E-state index contributed by atoms with van der Waals surface area (Å²) in [6.07, 6.45) is 0.510. The van der Waals surface area contributed by atoms with Crippen molar-refractivity contribution in [1.29, 1.82) is 0 Å². The Morgan fingerprint density at radius 1 is 1.22 bits per heavy atom. The van der Waals surface area contributed by atoms with Gasteiger partial charge >= 0.3 is 0 Å². The maximum atomic E-state index is 14.1. The molecule has 27 heavy (non-hydrogen) atoms. The van der Waals surface area contributed by atoms with Crippen LogP contribution in [0.3, 0.4) is 0 Å². The van der Waals surface area contributed by atoms with E-state index in [1.807, 2.05) is 6.92 Å². The predicted octanol–water partition coefficient (Wildman–Crippen LogP) is 3.75. The van der Waals surface area contributed by atoms with Gasteiger partial charge in [0.15, 0.2) is 16.6 Å². The van der Waals surface area contributed by atoms with Crippen LogP contribution in [0.1, 0.15) is 30.4 Å². The molecule has 0 aliphatic heterocycles. The monoisotopic (exact) mass is 389 g/mol. The molecule has 2 aromatic carbocycles. The van der Waals surface area contributed by atoms with Crippen LogP contribution in [0, 0.1) is 5.82 Å². The van der Waals surface area contributed by atoms with E-state index >= 15 is 0 Å². The largest absolute Gasteiger partial charge is 0.507 e. The van der Waals surface area contributed by atoms with Crippen molar-refractivity contribution in [1.82, 2.24) is 5.43 Å². The lowest BCUT2D eigenvalue weighted by Gasteiger charge is -2.12. The fourth-order valence-corrected chi connectivity index (χ4v) is 3.32. The van der Waals surface area contributed by atoms with Gasteiger partial charge in [0, 0.05) is 22.9 Å². The molecule has 1 atom stereocenters. The van der Waals surface area contributed by atoms with Crippen LogP contribution in [0.4, 0.5) is 10.1 Å². The van der Waals surface area contributed by atoms with E-state index in [1.54, 1.807) is 32.4 Å². The fourth-order valence-electron chi connectivity index (χ4n) is 3.15. The van der Waals surface area contributed by atoms with Gasteiger partial charge in [-0.25, -0.2) is 4.39 Å². The Labute approximate surface area is 162 Å². The van der Waals surface area contributed by atoms with Crippen LogP contribution < -0.4 is 20.2 Å². The molecular weight excluding hydrogens is 369 g/mol. The number of phenols is 1. The van der Waals surface area contributed by atoms with Gasteiger partial charge in [0.05, 0.1) is 19.9 Å². The van der Waals surface area contributed by atoms with Gasteiger partial charge in [-0.1, -0.05) is 6.92 Å². The first-order valence-corrected chi connectivity index (χ1v) is 8.72. The number of benzene rings is 2. The molecule has 1 aliphatic rings. The van der Waals surface area contributed by atoms with Gasteiger partial charge in [0.2, 0.25) is 0 Å². The summed E-state index contributed by atoms with van der Waals surface area (Å²) in [6.45, 7) is 1.89. The number of anilines is 1. The Bertz CT molecular complexity index is 917. The van der Waals surface area contributed by atoms with E-state index in [1.165, 1.54) is 12.1 Å². The zero-order valence-corrected chi connectivity index (χ0v) is 16.0. The number of hydrogen-bond acceptors (Lipinski definition) is 5. The smallest absolute Gasteiger partial charge is 0.191 e. The molecule has 0 fully saturated rings. The van der Waals surface area contributed by atoms with Gasteiger partial charge in [-0.05, 0) is 48.8 Å². The van der Waals surface area contributed by atoms with Crippen molar-refractivity contribution in [3.05, 3.63) is 47.3 Å². The fraction of sp³-hybridized carbons (Fsp3) is 0.263. The van der Waals surface area contributed by atoms with Crippen molar-refractivity contribution in [2.24, 2.45) is 5.10 Å². The number of hydrazone groups is 1. The third kappa shape index (κ3) is 3.80. The van der Waals surface area contributed by atoms with E-state index in [9.17, 15) is 9.50 Å². The zero-order valence-electron chi connectivity index (χ0n) is 15.2. The topological polar surface area (TPSA) is 75.1 Å². The maximum absolute atomic E-state index is 14.1. The lowest BCUT2D eigenvalue weighted by molar-refractivity contribution is 0.355. The molecule has 0 aromatic heterocycles. The highest BCUT2D eigenvalue weighted by molar-refractivity contribution is 7.80. The molecular formula is C19H20FN3O3S. The molecule has 2 aromatic rings. The molecule has 8 heteroatoms. The van der Waals surface area contributed by atoms with Crippen molar-refractivity contribution in [3.8, 4) is 17.2 Å². The minimum absolute atomic E-state index is 0.00932. The van der Waals surface area contributed by atoms with Gasteiger partial charge in [-0.3, -0.25) is 5.43 Å². The predicted molar refractivity (Wildman–Crippen MR) is 107 cm³/mol. The summed E-state index contributed by atoms with van der Waals surface area (Å²) in [5.41, 5.74) is 4.92. The second-order valence-electron chi connectivity index (χ2n) is 6.15. The molecule has 0 heterocycles. The molecule has 3 N–H and O–H groups in total. The molecule has 0 radical (unpaired) electrons. The van der Waals surface area contributed by atoms with Crippen molar-refractivity contribution in [2.45, 2.75) is 19.3 Å². The molecule has 0 saturated heterocycles. The second-order valence-corrected chi connectivity index (χ2v) is 6.56. The van der Waals surface area contributed by atoms with E-state index in [2.05, 4.69) is 15.8 Å². The molecule has 3 rings (SSSR count). The van der Waals surface area contributed by atoms with E-state index in [-0.39, 0.29) is 22.6 Å². The Balaban J connectivity index is 1.75. The zero-order chi connectivity index (χ0) is 19.6. The number of nitrogens with one attached hydrogen (secondary N) is 2. The Morgan fingerprint density at radius 3 is 2.67 bits per heavy atom. The van der Waals surface area contributed by atoms with E-state index in [4.69, 9.17) is 21.7 Å². The van der Waals surface area contributed by atoms with Crippen LogP contribution in [0.2, 0.25) is 0 Å². The number of aromatic hydroxyl groups is 1. The summed E-state index contributed by atoms with van der Waals surface area (Å²) in [5, 5.41) is 17.6. The number of methoxy groups -OCH3 is 2. The van der Waals surface area contributed by atoms with Crippen molar-refractivity contribution in [3.63, 3.8) is 0 Å². The average molecular weight is 389 g/mol. The second kappa shape index (κ2) is 7.79. The summed E-state index contributed by atoms with van der Waals surface area (Å²) in [4.78, 5) is 0. The first kappa shape index (κ1) is 18.9. The lowest BCUT2D eigenvalue weighted by Crippen LogP contribution is -2.25. The van der Waals surface area contributed by atoms with Gasteiger partial charge < -0.3 is 19.9 Å². The quantitative estimate of drug-likeness (QED) is 0.546. The first-order valence-electron chi connectivity index (χ1n) is 8.32. The number of fused-ring (bicyclic) bond motifs is 1. The average Bonchev–Trinajstić information content (AvgIpc) is 3.00. The Hall–Kier alpha value is -2.87. The first-order chi connectivity index (χ1) is 12.9. The highest BCUT2D eigenvalue weighted by Gasteiger charge is 2.30. The van der Waals surface area contributed by atoms with Gasteiger partial charge in [-0.15, -0.1) is 0 Å². The lowest BCUT2D eigenvalue weighted by atomic mass is 10.0. The van der Waals surface area contributed by atoms with Gasteiger partial charge in [-0.2, -0.15) is 5.10 Å². The SMILES string of the molecule is COc1ccc(NC(=S)N/N=C2\C[C@H](C)c3c(F)ccc(O)c32)cc1OC. The molecule has 6 nitrogen and oxygen atoms in total. The summed E-state index contributed by atoms with van der Waals surface area (Å²) < 4.78 is 24.5. The van der Waals surface area contributed by atoms with Crippen LogP contribution >= 0.6 is 12.2 Å². The number of nitrogens with zero attached hydrogens (tertiary/aromatic N) is 1. The minimum Gasteiger partial charge on any atom is -0.507 e. The number of hydrogen-bond donors (Lipinski definition) is 3. The third-order valence-corrected chi connectivity index (χ3v) is 4.58. The maximum Gasteiger partial charge on any atom is 0.191 e. The highest BCUT2D eigenvalue weighted by Crippen LogP contribution is 2.39.